The SMILES string of the molecule is CN=CNC(=O)c1nn(-c2cccc(C(F)(F)F)c2)ccc1=O. The highest BCUT2D eigenvalue weighted by atomic mass is 19.4. The van der Waals surface area contributed by atoms with Crippen molar-refractivity contribution in [2.24, 2.45) is 4.99 Å². The molecule has 0 radical (unpaired) electrons. The summed E-state index contributed by atoms with van der Waals surface area (Å²) in [7, 11) is 1.42. The molecule has 1 N–H and O–H groups in total. The number of benzene rings is 1. The highest BCUT2D eigenvalue weighted by molar-refractivity contribution is 5.98. The lowest BCUT2D eigenvalue weighted by molar-refractivity contribution is -0.137. The fourth-order valence-electron chi connectivity index (χ4n) is 1.72. The number of amides is 1. The molecule has 1 aromatic heterocycles. The lowest BCUT2D eigenvalue weighted by Crippen LogP contribution is -2.30. The predicted molar refractivity (Wildman–Crippen MR) is 76.7 cm³/mol. The van der Waals surface area contributed by atoms with Crippen molar-refractivity contribution in [3.8, 4) is 5.69 Å². The quantitative estimate of drug-likeness (QED) is 0.689. The van der Waals surface area contributed by atoms with E-state index >= 15 is 0 Å². The first kappa shape index (κ1) is 16.4. The Hall–Kier alpha value is -2.97. The van der Waals surface area contributed by atoms with E-state index in [4.69, 9.17) is 0 Å². The van der Waals surface area contributed by atoms with Crippen molar-refractivity contribution in [3.63, 3.8) is 0 Å². The van der Waals surface area contributed by atoms with Gasteiger partial charge in [0.05, 0.1) is 17.6 Å². The summed E-state index contributed by atoms with van der Waals surface area (Å²) >= 11 is 0. The summed E-state index contributed by atoms with van der Waals surface area (Å²) in [5.41, 5.74) is -1.90. The molecule has 0 aliphatic carbocycles. The van der Waals surface area contributed by atoms with Gasteiger partial charge in [0.15, 0.2) is 5.69 Å². The average molecular weight is 324 g/mol. The lowest BCUT2D eigenvalue weighted by Gasteiger charge is -2.10. The van der Waals surface area contributed by atoms with Crippen molar-refractivity contribution in [2.45, 2.75) is 6.18 Å². The zero-order valence-electron chi connectivity index (χ0n) is 11.8. The number of aliphatic imine (C=N–C) groups is 1. The van der Waals surface area contributed by atoms with E-state index in [-0.39, 0.29) is 5.69 Å². The topological polar surface area (TPSA) is 76.3 Å². The second-order valence-corrected chi connectivity index (χ2v) is 4.38. The second kappa shape index (κ2) is 6.42. The first-order valence-corrected chi connectivity index (χ1v) is 6.32. The third-order valence-corrected chi connectivity index (χ3v) is 2.79. The fraction of sp³-hybridized carbons (Fsp3) is 0.143. The molecule has 0 atom stereocenters. The molecule has 0 saturated carbocycles. The standard InChI is InChI=1S/C14H11F3N4O2/c1-18-8-19-13(23)12-11(22)5-6-21(20-12)10-4-2-3-9(7-10)14(15,16)17/h2-8H,1H3,(H,18,19,23). The van der Waals surface area contributed by atoms with Gasteiger partial charge >= 0.3 is 6.18 Å². The Morgan fingerprint density at radius 1 is 1.35 bits per heavy atom. The zero-order valence-corrected chi connectivity index (χ0v) is 11.8. The van der Waals surface area contributed by atoms with E-state index in [2.05, 4.69) is 15.4 Å². The van der Waals surface area contributed by atoms with Crippen molar-refractivity contribution in [3.05, 3.63) is 58.0 Å². The number of carbonyl (C=O) groups excluding carboxylic acids is 1. The number of alkyl halides is 3. The molecule has 1 aromatic carbocycles. The molecule has 1 amide bonds. The number of hydrogen-bond acceptors (Lipinski definition) is 4. The molecule has 0 saturated heterocycles. The smallest absolute Gasteiger partial charge is 0.312 e. The molecular formula is C14H11F3N4O2. The Balaban J connectivity index is 2.46. The summed E-state index contributed by atoms with van der Waals surface area (Å²) in [6.07, 6.45) is -2.25. The molecular weight excluding hydrogens is 313 g/mol. The molecule has 0 spiro atoms. The summed E-state index contributed by atoms with van der Waals surface area (Å²) in [5, 5.41) is 6.00. The number of nitrogens with zero attached hydrogens (tertiary/aromatic N) is 3. The normalized spacial score (nSPS) is 11.7. The third kappa shape index (κ3) is 3.82. The zero-order chi connectivity index (χ0) is 17.0. The molecule has 0 bridgehead atoms. The van der Waals surface area contributed by atoms with Crippen LogP contribution in [-0.4, -0.2) is 29.1 Å². The van der Waals surface area contributed by atoms with Gasteiger partial charge in [0, 0.05) is 19.3 Å². The van der Waals surface area contributed by atoms with Gasteiger partial charge in [0.25, 0.3) is 5.91 Å². The Morgan fingerprint density at radius 2 is 2.09 bits per heavy atom. The van der Waals surface area contributed by atoms with Crippen LogP contribution in [-0.2, 0) is 6.18 Å². The van der Waals surface area contributed by atoms with E-state index in [1.54, 1.807) is 0 Å². The number of nitrogens with one attached hydrogen (secondary N) is 1. The van der Waals surface area contributed by atoms with Gasteiger partial charge in [-0.25, -0.2) is 4.68 Å². The van der Waals surface area contributed by atoms with E-state index in [9.17, 15) is 22.8 Å². The van der Waals surface area contributed by atoms with Crippen LogP contribution in [0.15, 0.2) is 46.3 Å². The molecule has 0 aliphatic heterocycles. The van der Waals surface area contributed by atoms with E-state index in [1.165, 1.54) is 25.4 Å². The number of halogens is 3. The van der Waals surface area contributed by atoms with Crippen molar-refractivity contribution >= 4 is 12.2 Å². The Morgan fingerprint density at radius 3 is 2.74 bits per heavy atom. The van der Waals surface area contributed by atoms with E-state index in [1.807, 2.05) is 0 Å². The van der Waals surface area contributed by atoms with Crippen LogP contribution in [0.1, 0.15) is 16.1 Å². The molecule has 0 unspecified atom stereocenters. The van der Waals surface area contributed by atoms with E-state index in [0.717, 1.165) is 29.2 Å². The third-order valence-electron chi connectivity index (χ3n) is 2.79. The highest BCUT2D eigenvalue weighted by Gasteiger charge is 2.30. The lowest BCUT2D eigenvalue weighted by atomic mass is 10.2. The Kier molecular flexibility index (Phi) is 4.58. The van der Waals surface area contributed by atoms with Gasteiger partial charge in [-0.05, 0) is 18.2 Å². The minimum absolute atomic E-state index is 0.0676. The molecule has 0 fully saturated rings. The number of rotatable bonds is 3. The summed E-state index contributed by atoms with van der Waals surface area (Å²) in [6, 6.07) is 5.42. The van der Waals surface area contributed by atoms with Crippen LogP contribution >= 0.6 is 0 Å². The summed E-state index contributed by atoms with van der Waals surface area (Å²) in [6.45, 7) is 0. The van der Waals surface area contributed by atoms with Crippen LogP contribution in [0, 0.1) is 0 Å². The second-order valence-electron chi connectivity index (χ2n) is 4.38. The van der Waals surface area contributed by atoms with Crippen LogP contribution in [0.3, 0.4) is 0 Å². The summed E-state index contributed by atoms with van der Waals surface area (Å²) in [5.74, 6) is -0.804. The van der Waals surface area contributed by atoms with Gasteiger partial charge in [0.1, 0.15) is 0 Å². The Bertz CT molecular complexity index is 812. The summed E-state index contributed by atoms with van der Waals surface area (Å²) in [4.78, 5) is 27.0. The van der Waals surface area contributed by atoms with Crippen LogP contribution in [0.2, 0.25) is 0 Å². The van der Waals surface area contributed by atoms with Crippen molar-refractivity contribution in [1.29, 1.82) is 0 Å². The van der Waals surface area contributed by atoms with Gasteiger partial charge in [-0.3, -0.25) is 14.6 Å². The van der Waals surface area contributed by atoms with E-state index < -0.39 is 28.8 Å². The highest BCUT2D eigenvalue weighted by Crippen LogP contribution is 2.30. The van der Waals surface area contributed by atoms with Crippen molar-refractivity contribution in [2.75, 3.05) is 7.05 Å². The van der Waals surface area contributed by atoms with E-state index in [0.29, 0.717) is 0 Å². The molecule has 1 heterocycles. The number of carbonyl (C=O) groups is 1. The molecule has 120 valence electrons. The maximum atomic E-state index is 12.7. The fourth-order valence-corrected chi connectivity index (χ4v) is 1.72. The largest absolute Gasteiger partial charge is 0.416 e. The minimum atomic E-state index is -4.51. The first-order chi connectivity index (χ1) is 10.8. The van der Waals surface area contributed by atoms with Crippen molar-refractivity contribution in [1.82, 2.24) is 15.1 Å². The maximum Gasteiger partial charge on any atom is 0.416 e. The first-order valence-electron chi connectivity index (χ1n) is 6.32. The molecule has 0 aliphatic rings. The molecule has 2 aromatic rings. The van der Waals surface area contributed by atoms with Gasteiger partial charge in [0.2, 0.25) is 5.43 Å². The van der Waals surface area contributed by atoms with Crippen LogP contribution in [0.4, 0.5) is 13.2 Å². The minimum Gasteiger partial charge on any atom is -0.312 e. The average Bonchev–Trinajstić information content (AvgIpc) is 2.52. The van der Waals surface area contributed by atoms with Gasteiger partial charge in [-0.2, -0.15) is 18.3 Å². The van der Waals surface area contributed by atoms with Gasteiger partial charge in [-0.1, -0.05) is 6.07 Å². The molecule has 23 heavy (non-hydrogen) atoms. The number of hydrogen-bond donors (Lipinski definition) is 1. The monoisotopic (exact) mass is 324 g/mol. The molecule has 9 heteroatoms. The Labute approximate surface area is 128 Å². The number of aromatic nitrogens is 2. The van der Waals surface area contributed by atoms with Crippen LogP contribution in [0.5, 0.6) is 0 Å². The summed E-state index contributed by atoms with van der Waals surface area (Å²) < 4.78 is 39.2. The molecule has 6 nitrogen and oxygen atoms in total. The predicted octanol–water partition coefficient (Wildman–Crippen LogP) is 1.64. The maximum absolute atomic E-state index is 12.7. The van der Waals surface area contributed by atoms with Crippen molar-refractivity contribution < 1.29 is 18.0 Å². The molecule has 2 rings (SSSR count). The van der Waals surface area contributed by atoms with Crippen LogP contribution in [0.25, 0.3) is 5.69 Å². The van der Waals surface area contributed by atoms with Crippen LogP contribution < -0.4 is 10.7 Å². The van der Waals surface area contributed by atoms with Gasteiger partial charge in [-0.15, -0.1) is 0 Å². The van der Waals surface area contributed by atoms with Gasteiger partial charge < -0.3 is 5.32 Å².